The van der Waals surface area contributed by atoms with Crippen molar-refractivity contribution in [2.24, 2.45) is 0 Å². The average Bonchev–Trinajstić information content (AvgIpc) is 2.79. The number of anilines is 1. The summed E-state index contributed by atoms with van der Waals surface area (Å²) in [5.74, 6) is -0.930. The zero-order valence-corrected chi connectivity index (χ0v) is 11.6. The molecule has 0 spiro atoms. The van der Waals surface area contributed by atoms with Gasteiger partial charge in [-0.25, -0.2) is 13.2 Å². The van der Waals surface area contributed by atoms with Crippen molar-refractivity contribution in [3.8, 4) is 0 Å². The van der Waals surface area contributed by atoms with Crippen LogP contribution in [0.4, 0.5) is 5.69 Å². The normalized spacial score (nSPS) is 14.5. The number of aromatic carboxylic acids is 1. The Hall–Kier alpha value is -1.56. The van der Waals surface area contributed by atoms with Crippen LogP contribution >= 0.6 is 0 Å². The smallest absolute Gasteiger partial charge is 0.335 e. The third-order valence-corrected chi connectivity index (χ3v) is 5.13. The first-order valence-electron chi connectivity index (χ1n) is 6.32. The molecule has 1 N–H and O–H groups in total. The summed E-state index contributed by atoms with van der Waals surface area (Å²) >= 11 is 0. The predicted molar refractivity (Wildman–Crippen MR) is 73.1 cm³/mol. The number of rotatable bonds is 5. The zero-order valence-electron chi connectivity index (χ0n) is 10.8. The van der Waals surface area contributed by atoms with E-state index in [2.05, 4.69) is 0 Å². The van der Waals surface area contributed by atoms with Crippen LogP contribution in [-0.4, -0.2) is 31.8 Å². The van der Waals surface area contributed by atoms with Gasteiger partial charge in [-0.2, -0.15) is 0 Å². The summed E-state index contributed by atoms with van der Waals surface area (Å²) in [6.45, 7) is 2.35. The Morgan fingerprint density at radius 1 is 1.42 bits per heavy atom. The summed E-state index contributed by atoms with van der Waals surface area (Å²) in [5, 5.41) is 8.98. The Kier molecular flexibility index (Phi) is 3.80. The molecule has 1 aromatic rings. The molecule has 0 aliphatic carbocycles. The van der Waals surface area contributed by atoms with Crippen LogP contribution in [0, 0.1) is 0 Å². The monoisotopic (exact) mass is 283 g/mol. The van der Waals surface area contributed by atoms with Crippen LogP contribution in [0.2, 0.25) is 0 Å². The lowest BCUT2D eigenvalue weighted by molar-refractivity contribution is 0.0697. The summed E-state index contributed by atoms with van der Waals surface area (Å²) in [6.07, 6.45) is 2.07. The van der Waals surface area contributed by atoms with Gasteiger partial charge < -0.3 is 5.11 Å². The zero-order chi connectivity index (χ0) is 14.0. The minimum atomic E-state index is -3.34. The number of sulfonamides is 1. The minimum absolute atomic E-state index is 0.111. The van der Waals surface area contributed by atoms with Gasteiger partial charge in [0, 0.05) is 6.54 Å². The molecule has 1 aliphatic heterocycles. The molecule has 0 atom stereocenters. The number of carbonyl (C=O) groups is 1. The second-order valence-corrected chi connectivity index (χ2v) is 6.65. The van der Waals surface area contributed by atoms with Crippen LogP contribution in [0.3, 0.4) is 0 Å². The lowest BCUT2D eigenvalue weighted by Gasteiger charge is -2.19. The van der Waals surface area contributed by atoms with E-state index in [1.54, 1.807) is 6.07 Å². The van der Waals surface area contributed by atoms with Gasteiger partial charge in [-0.15, -0.1) is 0 Å². The summed E-state index contributed by atoms with van der Waals surface area (Å²) < 4.78 is 25.8. The summed E-state index contributed by atoms with van der Waals surface area (Å²) in [4.78, 5) is 11.0. The third kappa shape index (κ3) is 2.73. The Balaban J connectivity index is 2.35. The quantitative estimate of drug-likeness (QED) is 0.895. The summed E-state index contributed by atoms with van der Waals surface area (Å²) in [6, 6.07) is 4.67. The first-order valence-corrected chi connectivity index (χ1v) is 7.93. The van der Waals surface area contributed by atoms with Gasteiger partial charge >= 0.3 is 5.97 Å². The minimum Gasteiger partial charge on any atom is -0.478 e. The molecule has 19 heavy (non-hydrogen) atoms. The van der Waals surface area contributed by atoms with Crippen molar-refractivity contribution < 1.29 is 18.3 Å². The number of unbranched alkanes of at least 4 members (excludes halogenated alkanes) is 1. The predicted octanol–water partition coefficient (Wildman–Crippen LogP) is 1.88. The van der Waals surface area contributed by atoms with Crippen molar-refractivity contribution in [3.05, 3.63) is 29.3 Å². The van der Waals surface area contributed by atoms with Gasteiger partial charge in [0.2, 0.25) is 10.0 Å². The topological polar surface area (TPSA) is 74.7 Å². The highest BCUT2D eigenvalue weighted by Gasteiger charge is 2.29. The maximum absolute atomic E-state index is 12.2. The van der Waals surface area contributed by atoms with Crippen LogP contribution in [0.15, 0.2) is 18.2 Å². The van der Waals surface area contributed by atoms with Crippen molar-refractivity contribution in [1.82, 2.24) is 0 Å². The molecule has 104 valence electrons. The number of carboxylic acids is 1. The van der Waals surface area contributed by atoms with Crippen LogP contribution in [-0.2, 0) is 16.4 Å². The van der Waals surface area contributed by atoms with E-state index in [1.165, 1.54) is 16.4 Å². The van der Waals surface area contributed by atoms with Gasteiger partial charge in [0.15, 0.2) is 0 Å². The molecular weight excluding hydrogens is 266 g/mol. The number of fused-ring (bicyclic) bond motifs is 1. The first-order chi connectivity index (χ1) is 8.95. The Morgan fingerprint density at radius 2 is 2.16 bits per heavy atom. The van der Waals surface area contributed by atoms with Gasteiger partial charge in [-0.1, -0.05) is 19.4 Å². The van der Waals surface area contributed by atoms with Gasteiger partial charge in [-0.05, 0) is 30.5 Å². The lowest BCUT2D eigenvalue weighted by Crippen LogP contribution is -2.31. The maximum atomic E-state index is 12.2. The number of carboxylic acid groups (broad SMARTS) is 1. The first kappa shape index (κ1) is 13.9. The van der Waals surface area contributed by atoms with E-state index >= 15 is 0 Å². The van der Waals surface area contributed by atoms with E-state index in [-0.39, 0.29) is 11.3 Å². The molecule has 0 radical (unpaired) electrons. The number of hydrogen-bond donors (Lipinski definition) is 1. The highest BCUT2D eigenvalue weighted by atomic mass is 32.2. The molecule has 0 fully saturated rings. The van der Waals surface area contributed by atoms with Crippen molar-refractivity contribution in [1.29, 1.82) is 0 Å². The standard InChI is InChI=1S/C13H17NO4S/c1-2-3-8-19(17,18)14-7-6-10-4-5-11(13(15)16)9-12(10)14/h4-5,9H,2-3,6-8H2,1H3,(H,15,16). The number of hydrogen-bond acceptors (Lipinski definition) is 3. The van der Waals surface area contributed by atoms with Gasteiger partial charge in [0.25, 0.3) is 0 Å². The van der Waals surface area contributed by atoms with E-state index in [0.717, 1.165) is 12.0 Å². The Morgan fingerprint density at radius 3 is 2.79 bits per heavy atom. The van der Waals surface area contributed by atoms with E-state index < -0.39 is 16.0 Å². The van der Waals surface area contributed by atoms with E-state index in [0.29, 0.717) is 25.1 Å². The lowest BCUT2D eigenvalue weighted by atomic mass is 10.1. The summed E-state index contributed by atoms with van der Waals surface area (Å²) in [5.41, 5.74) is 1.54. The maximum Gasteiger partial charge on any atom is 0.335 e. The van der Waals surface area contributed by atoms with E-state index in [4.69, 9.17) is 5.11 Å². The average molecular weight is 283 g/mol. The third-order valence-electron chi connectivity index (χ3n) is 3.28. The van der Waals surface area contributed by atoms with Crippen LogP contribution < -0.4 is 4.31 Å². The Bertz CT molecular complexity index is 595. The molecule has 0 saturated heterocycles. The van der Waals surface area contributed by atoms with Crippen molar-refractivity contribution in [3.63, 3.8) is 0 Å². The van der Waals surface area contributed by atoms with Crippen LogP contribution in [0.25, 0.3) is 0 Å². The molecule has 0 amide bonds. The largest absolute Gasteiger partial charge is 0.478 e. The van der Waals surface area contributed by atoms with Crippen LogP contribution in [0.1, 0.15) is 35.7 Å². The molecule has 0 aromatic heterocycles. The molecule has 0 saturated carbocycles. The van der Waals surface area contributed by atoms with Gasteiger partial charge in [-0.3, -0.25) is 4.31 Å². The molecule has 0 bridgehead atoms. The molecule has 1 aromatic carbocycles. The van der Waals surface area contributed by atoms with Gasteiger partial charge in [0.1, 0.15) is 0 Å². The van der Waals surface area contributed by atoms with Crippen molar-refractivity contribution in [2.75, 3.05) is 16.6 Å². The highest BCUT2D eigenvalue weighted by molar-refractivity contribution is 7.92. The SMILES string of the molecule is CCCCS(=O)(=O)N1CCc2ccc(C(=O)O)cc21. The van der Waals surface area contributed by atoms with E-state index in [9.17, 15) is 13.2 Å². The van der Waals surface area contributed by atoms with Crippen LogP contribution in [0.5, 0.6) is 0 Å². The summed E-state index contributed by atoms with van der Waals surface area (Å²) in [7, 11) is -3.34. The second kappa shape index (κ2) is 5.21. The Labute approximate surface area is 112 Å². The molecule has 2 rings (SSSR count). The molecule has 1 heterocycles. The van der Waals surface area contributed by atoms with Crippen molar-refractivity contribution >= 4 is 21.7 Å². The molecular formula is C13H17NO4S. The number of benzene rings is 1. The number of nitrogens with zero attached hydrogens (tertiary/aromatic N) is 1. The molecule has 6 heteroatoms. The van der Waals surface area contributed by atoms with Crippen molar-refractivity contribution in [2.45, 2.75) is 26.2 Å². The fraction of sp³-hybridized carbons (Fsp3) is 0.462. The molecule has 0 unspecified atom stereocenters. The fourth-order valence-electron chi connectivity index (χ4n) is 2.21. The molecule has 1 aliphatic rings. The molecule has 5 nitrogen and oxygen atoms in total. The van der Waals surface area contributed by atoms with Gasteiger partial charge in [0.05, 0.1) is 17.0 Å². The highest BCUT2D eigenvalue weighted by Crippen LogP contribution is 2.31. The fourth-order valence-corrected chi connectivity index (χ4v) is 3.92. The second-order valence-electron chi connectivity index (χ2n) is 4.64. The van der Waals surface area contributed by atoms with E-state index in [1.807, 2.05) is 6.92 Å².